The highest BCUT2D eigenvalue weighted by atomic mass is 127. The van der Waals surface area contributed by atoms with Crippen LogP contribution in [0.4, 0.5) is 5.69 Å². The molecule has 0 unspecified atom stereocenters. The minimum absolute atomic E-state index is 0. The largest absolute Gasteiger partial charge is 0.492 e. The lowest BCUT2D eigenvalue weighted by Gasteiger charge is -2.12. The third-order valence-electron chi connectivity index (χ3n) is 2.58. The monoisotopic (exact) mass is 420 g/mol. The maximum atomic E-state index is 11.0. The van der Waals surface area contributed by atoms with Crippen molar-refractivity contribution in [2.45, 2.75) is 20.3 Å². The molecule has 1 aromatic carbocycles. The van der Waals surface area contributed by atoms with E-state index < -0.39 is 0 Å². The molecule has 6 nitrogen and oxygen atoms in total. The molecule has 0 aliphatic rings. The fraction of sp³-hybridized carbons (Fsp3) is 0.467. The van der Waals surface area contributed by atoms with Crippen LogP contribution in [0.1, 0.15) is 20.3 Å². The Bertz CT molecular complexity index is 480. The normalized spacial score (nSPS) is 10.4. The van der Waals surface area contributed by atoms with Gasteiger partial charge >= 0.3 is 0 Å². The van der Waals surface area contributed by atoms with Crippen LogP contribution in [-0.4, -0.2) is 38.6 Å². The van der Waals surface area contributed by atoms with Crippen molar-refractivity contribution < 1.29 is 9.53 Å². The Balaban J connectivity index is 0.00000441. The number of carbonyl (C=O) groups is 1. The summed E-state index contributed by atoms with van der Waals surface area (Å²) in [5.41, 5.74) is 0.730. The average Bonchev–Trinajstić information content (AvgIpc) is 2.46. The molecule has 0 spiro atoms. The van der Waals surface area contributed by atoms with Crippen LogP contribution in [0, 0.1) is 0 Å². The van der Waals surface area contributed by atoms with E-state index in [2.05, 4.69) is 27.9 Å². The van der Waals surface area contributed by atoms with E-state index in [0.29, 0.717) is 13.2 Å². The second-order valence-electron chi connectivity index (χ2n) is 4.48. The summed E-state index contributed by atoms with van der Waals surface area (Å²) in [6, 6.07) is 7.32. The van der Waals surface area contributed by atoms with Gasteiger partial charge in [0.1, 0.15) is 12.4 Å². The standard InChI is InChI=1S/C15H24N4O2.HI/c1-4-8-17-15(16-3)18-9-10-21-14-7-5-6-13(11-14)19-12(2)20;/h5-7,11H,4,8-10H2,1-3H3,(H,19,20)(H2,16,17,18);1H. The number of anilines is 1. The Kier molecular flexibility index (Phi) is 11.2. The molecule has 0 aliphatic carbocycles. The van der Waals surface area contributed by atoms with Crippen molar-refractivity contribution in [3.8, 4) is 5.75 Å². The molecule has 0 fully saturated rings. The van der Waals surface area contributed by atoms with E-state index in [-0.39, 0.29) is 29.9 Å². The van der Waals surface area contributed by atoms with E-state index in [0.717, 1.165) is 30.4 Å². The van der Waals surface area contributed by atoms with Gasteiger partial charge in [0.2, 0.25) is 5.91 Å². The Morgan fingerprint density at radius 1 is 1.27 bits per heavy atom. The van der Waals surface area contributed by atoms with Gasteiger partial charge in [-0.3, -0.25) is 9.79 Å². The summed E-state index contributed by atoms with van der Waals surface area (Å²) in [6.45, 7) is 5.63. The van der Waals surface area contributed by atoms with Crippen molar-refractivity contribution in [1.29, 1.82) is 0 Å². The van der Waals surface area contributed by atoms with E-state index in [4.69, 9.17) is 4.74 Å². The predicted molar refractivity (Wildman–Crippen MR) is 101 cm³/mol. The van der Waals surface area contributed by atoms with Crippen molar-refractivity contribution in [3.63, 3.8) is 0 Å². The van der Waals surface area contributed by atoms with Crippen LogP contribution in [0.5, 0.6) is 5.75 Å². The molecule has 7 heteroatoms. The van der Waals surface area contributed by atoms with Gasteiger partial charge in [0.25, 0.3) is 0 Å². The number of nitrogens with one attached hydrogen (secondary N) is 3. The van der Waals surface area contributed by atoms with Crippen LogP contribution < -0.4 is 20.7 Å². The van der Waals surface area contributed by atoms with E-state index >= 15 is 0 Å². The molecule has 3 N–H and O–H groups in total. The van der Waals surface area contributed by atoms with Gasteiger partial charge in [-0.15, -0.1) is 24.0 Å². The molecule has 124 valence electrons. The number of hydrogen-bond acceptors (Lipinski definition) is 3. The number of hydrogen-bond donors (Lipinski definition) is 3. The van der Waals surface area contributed by atoms with Gasteiger partial charge < -0.3 is 20.7 Å². The maximum absolute atomic E-state index is 11.0. The van der Waals surface area contributed by atoms with E-state index in [1.54, 1.807) is 13.1 Å². The van der Waals surface area contributed by atoms with Crippen molar-refractivity contribution >= 4 is 41.5 Å². The average molecular weight is 420 g/mol. The zero-order chi connectivity index (χ0) is 15.5. The highest BCUT2D eigenvalue weighted by Crippen LogP contribution is 2.16. The molecular weight excluding hydrogens is 395 g/mol. The topological polar surface area (TPSA) is 74.8 Å². The van der Waals surface area contributed by atoms with Crippen LogP contribution in [0.25, 0.3) is 0 Å². The lowest BCUT2D eigenvalue weighted by Crippen LogP contribution is -2.39. The molecule has 0 aromatic heterocycles. The Morgan fingerprint density at radius 3 is 2.64 bits per heavy atom. The molecule has 22 heavy (non-hydrogen) atoms. The molecule has 1 aromatic rings. The van der Waals surface area contributed by atoms with Crippen molar-refractivity contribution in [2.75, 3.05) is 32.1 Å². The number of aliphatic imine (C=N–C) groups is 1. The second-order valence-corrected chi connectivity index (χ2v) is 4.48. The van der Waals surface area contributed by atoms with Crippen LogP contribution in [0.3, 0.4) is 0 Å². The first-order valence-corrected chi connectivity index (χ1v) is 7.10. The molecule has 1 rings (SSSR count). The van der Waals surface area contributed by atoms with E-state index in [1.165, 1.54) is 6.92 Å². The number of benzene rings is 1. The first kappa shape index (κ1) is 20.5. The number of carbonyl (C=O) groups excluding carboxylic acids is 1. The molecule has 0 saturated carbocycles. The minimum atomic E-state index is -0.0976. The lowest BCUT2D eigenvalue weighted by atomic mass is 10.3. The third-order valence-corrected chi connectivity index (χ3v) is 2.58. The van der Waals surface area contributed by atoms with Crippen LogP contribution >= 0.6 is 24.0 Å². The number of amides is 1. The van der Waals surface area contributed by atoms with Crippen LogP contribution in [-0.2, 0) is 4.79 Å². The molecule has 0 saturated heterocycles. The third kappa shape index (κ3) is 8.71. The Morgan fingerprint density at radius 2 is 2.00 bits per heavy atom. The summed E-state index contributed by atoms with van der Waals surface area (Å²) < 4.78 is 5.63. The number of ether oxygens (including phenoxy) is 1. The summed E-state index contributed by atoms with van der Waals surface area (Å²) in [5, 5.41) is 9.07. The van der Waals surface area contributed by atoms with Gasteiger partial charge in [0.15, 0.2) is 5.96 Å². The second kappa shape index (κ2) is 12.1. The van der Waals surface area contributed by atoms with E-state index in [9.17, 15) is 4.79 Å². The van der Waals surface area contributed by atoms with Crippen molar-refractivity contribution in [2.24, 2.45) is 4.99 Å². The van der Waals surface area contributed by atoms with Gasteiger partial charge in [-0.25, -0.2) is 0 Å². The maximum Gasteiger partial charge on any atom is 0.221 e. The molecule has 1 amide bonds. The lowest BCUT2D eigenvalue weighted by molar-refractivity contribution is -0.114. The number of guanidine groups is 1. The minimum Gasteiger partial charge on any atom is -0.492 e. The SMILES string of the molecule is CCCNC(=NC)NCCOc1cccc(NC(C)=O)c1.I. The fourth-order valence-electron chi connectivity index (χ4n) is 1.67. The van der Waals surface area contributed by atoms with Gasteiger partial charge in [-0.1, -0.05) is 13.0 Å². The number of halogens is 1. The molecular formula is C15H25IN4O2. The fourth-order valence-corrected chi connectivity index (χ4v) is 1.67. The zero-order valence-electron chi connectivity index (χ0n) is 13.3. The summed E-state index contributed by atoms with van der Waals surface area (Å²) in [4.78, 5) is 15.1. The van der Waals surface area contributed by atoms with E-state index in [1.807, 2.05) is 18.2 Å². The van der Waals surface area contributed by atoms with Crippen LogP contribution in [0.15, 0.2) is 29.3 Å². The van der Waals surface area contributed by atoms with Gasteiger partial charge in [0, 0.05) is 32.3 Å². The molecule has 0 atom stereocenters. The molecule has 0 aliphatic heterocycles. The summed E-state index contributed by atoms with van der Waals surface area (Å²) in [6.07, 6.45) is 1.05. The smallest absolute Gasteiger partial charge is 0.221 e. The highest BCUT2D eigenvalue weighted by molar-refractivity contribution is 14.0. The summed E-state index contributed by atoms with van der Waals surface area (Å²) in [7, 11) is 1.74. The highest BCUT2D eigenvalue weighted by Gasteiger charge is 1.99. The quantitative estimate of drug-likeness (QED) is 0.274. The Hall–Kier alpha value is -1.51. The van der Waals surface area contributed by atoms with Gasteiger partial charge in [-0.2, -0.15) is 0 Å². The Labute approximate surface area is 149 Å². The van der Waals surface area contributed by atoms with Crippen molar-refractivity contribution in [3.05, 3.63) is 24.3 Å². The first-order chi connectivity index (χ1) is 10.2. The van der Waals surface area contributed by atoms with Gasteiger partial charge in [0.05, 0.1) is 6.54 Å². The summed E-state index contributed by atoms with van der Waals surface area (Å²) >= 11 is 0. The first-order valence-electron chi connectivity index (χ1n) is 7.10. The summed E-state index contributed by atoms with van der Waals surface area (Å²) in [5.74, 6) is 1.40. The van der Waals surface area contributed by atoms with Crippen LogP contribution in [0.2, 0.25) is 0 Å². The molecule has 0 radical (unpaired) electrons. The van der Waals surface area contributed by atoms with Crippen molar-refractivity contribution in [1.82, 2.24) is 10.6 Å². The predicted octanol–water partition coefficient (Wildman–Crippen LogP) is 2.22. The zero-order valence-corrected chi connectivity index (χ0v) is 15.6. The van der Waals surface area contributed by atoms with Gasteiger partial charge in [-0.05, 0) is 18.6 Å². The molecule has 0 bridgehead atoms. The molecule has 0 heterocycles. The number of rotatable bonds is 7. The number of nitrogens with zero attached hydrogens (tertiary/aromatic N) is 1.